The van der Waals surface area contributed by atoms with Crippen LogP contribution in [0, 0.1) is 5.41 Å². The Hall–Kier alpha value is -0.530. The summed E-state index contributed by atoms with van der Waals surface area (Å²) in [7, 11) is 0. The maximum absolute atomic E-state index is 6.25. The summed E-state index contributed by atoms with van der Waals surface area (Å²) in [6, 6.07) is 8.27. The third-order valence-electron chi connectivity index (χ3n) is 3.86. The molecule has 0 heterocycles. The summed E-state index contributed by atoms with van der Waals surface area (Å²) >= 11 is 6.25. The fourth-order valence-electron chi connectivity index (χ4n) is 2.67. The van der Waals surface area contributed by atoms with E-state index < -0.39 is 0 Å². The molecule has 0 atom stereocenters. The van der Waals surface area contributed by atoms with E-state index in [-0.39, 0.29) is 0 Å². The van der Waals surface area contributed by atoms with E-state index in [4.69, 9.17) is 11.6 Å². The summed E-state index contributed by atoms with van der Waals surface area (Å²) in [4.78, 5) is 0. The van der Waals surface area contributed by atoms with Gasteiger partial charge in [0.25, 0.3) is 0 Å². The van der Waals surface area contributed by atoms with Crippen molar-refractivity contribution in [2.45, 2.75) is 39.0 Å². The van der Waals surface area contributed by atoms with Crippen LogP contribution in [0.2, 0.25) is 5.02 Å². The van der Waals surface area contributed by atoms with E-state index in [2.05, 4.69) is 24.4 Å². The van der Waals surface area contributed by atoms with Crippen molar-refractivity contribution in [1.29, 1.82) is 0 Å². The normalized spacial score (nSPS) is 17.8. The molecule has 0 saturated heterocycles. The van der Waals surface area contributed by atoms with Crippen molar-refractivity contribution in [2.24, 2.45) is 5.41 Å². The van der Waals surface area contributed by atoms with Gasteiger partial charge in [0, 0.05) is 11.6 Å². The molecule has 0 aliphatic heterocycles. The second-order valence-electron chi connectivity index (χ2n) is 5.30. The third-order valence-corrected chi connectivity index (χ3v) is 4.23. The van der Waals surface area contributed by atoms with E-state index in [0.29, 0.717) is 5.41 Å². The van der Waals surface area contributed by atoms with E-state index in [1.807, 2.05) is 12.1 Å². The summed E-state index contributed by atoms with van der Waals surface area (Å²) in [6.07, 6.45) is 6.40. The molecular formula is C15H22ClN. The smallest absolute Gasteiger partial charge is 0.0438 e. The van der Waals surface area contributed by atoms with Gasteiger partial charge in [-0.25, -0.2) is 0 Å². The standard InChI is InChI=1S/C15H22ClN/c1-2-10-17-12-15(8-5-9-15)11-13-6-3-4-7-14(13)16/h3-4,6-7,17H,2,5,8-12H2,1H3. The Balaban J connectivity index is 1.97. The molecule has 1 saturated carbocycles. The van der Waals surface area contributed by atoms with E-state index in [1.54, 1.807) is 0 Å². The van der Waals surface area contributed by atoms with Crippen molar-refractivity contribution in [3.63, 3.8) is 0 Å². The van der Waals surface area contributed by atoms with Crippen LogP contribution in [0.1, 0.15) is 38.2 Å². The highest BCUT2D eigenvalue weighted by Gasteiger charge is 2.36. The average molecular weight is 252 g/mol. The Labute approximate surface area is 110 Å². The molecule has 1 aromatic rings. The summed E-state index contributed by atoms with van der Waals surface area (Å²) in [5.41, 5.74) is 1.78. The van der Waals surface area contributed by atoms with Crippen LogP contribution in [0.3, 0.4) is 0 Å². The van der Waals surface area contributed by atoms with Crippen LogP contribution in [-0.2, 0) is 6.42 Å². The van der Waals surface area contributed by atoms with Crippen LogP contribution in [0.15, 0.2) is 24.3 Å². The maximum Gasteiger partial charge on any atom is 0.0438 e. The number of benzene rings is 1. The van der Waals surface area contributed by atoms with Gasteiger partial charge in [-0.05, 0) is 49.3 Å². The van der Waals surface area contributed by atoms with Crippen molar-refractivity contribution < 1.29 is 0 Å². The highest BCUT2D eigenvalue weighted by molar-refractivity contribution is 6.31. The molecule has 0 amide bonds. The number of nitrogens with one attached hydrogen (secondary N) is 1. The van der Waals surface area contributed by atoms with Gasteiger partial charge in [-0.3, -0.25) is 0 Å². The lowest BCUT2D eigenvalue weighted by Gasteiger charge is -2.42. The van der Waals surface area contributed by atoms with E-state index >= 15 is 0 Å². The van der Waals surface area contributed by atoms with Crippen LogP contribution in [0.5, 0.6) is 0 Å². The van der Waals surface area contributed by atoms with Gasteiger partial charge in [0.1, 0.15) is 0 Å². The first kappa shape index (κ1) is 12.9. The van der Waals surface area contributed by atoms with Crippen LogP contribution in [0.4, 0.5) is 0 Å². The van der Waals surface area contributed by atoms with Gasteiger partial charge >= 0.3 is 0 Å². The van der Waals surface area contributed by atoms with Gasteiger partial charge in [-0.2, -0.15) is 0 Å². The Morgan fingerprint density at radius 2 is 2.06 bits per heavy atom. The summed E-state index contributed by atoms with van der Waals surface area (Å²) in [5.74, 6) is 0. The van der Waals surface area contributed by atoms with Crippen LogP contribution in [0.25, 0.3) is 0 Å². The molecule has 1 aliphatic rings. The molecule has 0 unspecified atom stereocenters. The van der Waals surface area contributed by atoms with Crippen molar-refractivity contribution >= 4 is 11.6 Å². The first-order chi connectivity index (χ1) is 8.26. The van der Waals surface area contributed by atoms with Crippen molar-refractivity contribution in [1.82, 2.24) is 5.32 Å². The molecule has 1 fully saturated rings. The summed E-state index contributed by atoms with van der Waals surface area (Å²) in [6.45, 7) is 4.49. The second-order valence-corrected chi connectivity index (χ2v) is 5.71. The maximum atomic E-state index is 6.25. The van der Waals surface area contributed by atoms with Crippen LogP contribution in [-0.4, -0.2) is 13.1 Å². The molecule has 0 bridgehead atoms. The zero-order chi connectivity index (χ0) is 12.1. The quantitative estimate of drug-likeness (QED) is 0.752. The molecule has 0 radical (unpaired) electrons. The molecule has 0 spiro atoms. The lowest BCUT2D eigenvalue weighted by atomic mass is 9.65. The summed E-state index contributed by atoms with van der Waals surface area (Å²) in [5, 5.41) is 4.50. The second kappa shape index (κ2) is 5.88. The van der Waals surface area contributed by atoms with E-state index in [0.717, 1.165) is 24.5 Å². The van der Waals surface area contributed by atoms with Crippen molar-refractivity contribution in [2.75, 3.05) is 13.1 Å². The monoisotopic (exact) mass is 251 g/mol. The fraction of sp³-hybridized carbons (Fsp3) is 0.600. The van der Waals surface area contributed by atoms with Gasteiger partial charge < -0.3 is 5.32 Å². The minimum absolute atomic E-state index is 0.472. The molecule has 2 heteroatoms. The van der Waals surface area contributed by atoms with Gasteiger partial charge in [0.15, 0.2) is 0 Å². The first-order valence-corrected chi connectivity index (χ1v) is 7.08. The highest BCUT2D eigenvalue weighted by Crippen LogP contribution is 2.44. The van der Waals surface area contributed by atoms with E-state index in [1.165, 1.54) is 31.2 Å². The predicted molar refractivity (Wildman–Crippen MR) is 74.6 cm³/mol. The number of hydrogen-bond acceptors (Lipinski definition) is 1. The molecule has 1 aromatic carbocycles. The van der Waals surface area contributed by atoms with Gasteiger partial charge in [-0.1, -0.05) is 43.1 Å². The molecule has 94 valence electrons. The lowest BCUT2D eigenvalue weighted by molar-refractivity contribution is 0.130. The average Bonchev–Trinajstić information content (AvgIpc) is 2.28. The number of rotatable bonds is 6. The van der Waals surface area contributed by atoms with Crippen molar-refractivity contribution in [3.8, 4) is 0 Å². The Morgan fingerprint density at radius 1 is 1.29 bits per heavy atom. The van der Waals surface area contributed by atoms with Gasteiger partial charge in [-0.15, -0.1) is 0 Å². The number of hydrogen-bond donors (Lipinski definition) is 1. The highest BCUT2D eigenvalue weighted by atomic mass is 35.5. The van der Waals surface area contributed by atoms with Crippen LogP contribution < -0.4 is 5.32 Å². The minimum atomic E-state index is 0.472. The third kappa shape index (κ3) is 3.23. The molecule has 1 aliphatic carbocycles. The predicted octanol–water partition coefficient (Wildman–Crippen LogP) is 4.05. The molecule has 1 nitrogen and oxygen atoms in total. The Kier molecular flexibility index (Phi) is 4.47. The molecule has 2 rings (SSSR count). The SMILES string of the molecule is CCCNCC1(Cc2ccccc2Cl)CCC1. The molecule has 1 N–H and O–H groups in total. The van der Waals surface area contributed by atoms with E-state index in [9.17, 15) is 0 Å². The first-order valence-electron chi connectivity index (χ1n) is 6.70. The molecular weight excluding hydrogens is 230 g/mol. The number of halogens is 1. The Morgan fingerprint density at radius 3 is 2.65 bits per heavy atom. The zero-order valence-corrected chi connectivity index (χ0v) is 11.4. The summed E-state index contributed by atoms with van der Waals surface area (Å²) < 4.78 is 0. The fourth-order valence-corrected chi connectivity index (χ4v) is 2.87. The van der Waals surface area contributed by atoms with Crippen LogP contribution >= 0.6 is 11.6 Å². The van der Waals surface area contributed by atoms with Gasteiger partial charge in [0.2, 0.25) is 0 Å². The lowest BCUT2D eigenvalue weighted by Crippen LogP contribution is -2.41. The molecule has 0 aromatic heterocycles. The van der Waals surface area contributed by atoms with Crippen molar-refractivity contribution in [3.05, 3.63) is 34.9 Å². The minimum Gasteiger partial charge on any atom is -0.316 e. The molecule has 17 heavy (non-hydrogen) atoms. The largest absolute Gasteiger partial charge is 0.316 e. The zero-order valence-electron chi connectivity index (χ0n) is 10.6. The Bertz CT molecular complexity index is 358. The van der Waals surface area contributed by atoms with Gasteiger partial charge in [0.05, 0.1) is 0 Å². The topological polar surface area (TPSA) is 12.0 Å².